The van der Waals surface area contributed by atoms with Crippen LogP contribution in [-0.4, -0.2) is 44.3 Å². The topological polar surface area (TPSA) is 60.7 Å². The van der Waals surface area contributed by atoms with Gasteiger partial charge in [0.05, 0.1) is 0 Å². The van der Waals surface area contributed by atoms with Gasteiger partial charge in [0.25, 0.3) is 0 Å². The van der Waals surface area contributed by atoms with Crippen molar-refractivity contribution in [3.8, 4) is 0 Å². The first-order valence-corrected chi connectivity index (χ1v) is 3.40. The van der Waals surface area contributed by atoms with Crippen LogP contribution in [0.2, 0.25) is 4.37 Å². The van der Waals surface area contributed by atoms with E-state index in [-0.39, 0.29) is 17.9 Å². The predicted octanol–water partition coefficient (Wildman–Crippen LogP) is -2.33. The van der Waals surface area contributed by atoms with E-state index in [0.29, 0.717) is 0 Å². The van der Waals surface area contributed by atoms with E-state index in [4.69, 9.17) is 15.3 Å². The van der Waals surface area contributed by atoms with Gasteiger partial charge < -0.3 is 13.5 Å². The Bertz CT molecular complexity index is 42.7. The molecule has 0 bridgehead atoms. The molecule has 3 N–H and O–H groups in total. The van der Waals surface area contributed by atoms with E-state index in [2.05, 4.69) is 0 Å². The molecule has 0 saturated heterocycles. The third-order valence-electron chi connectivity index (χ3n) is 0.237. The van der Waals surface area contributed by atoms with Gasteiger partial charge in [-0.25, -0.2) is 0 Å². The average Bonchev–Trinajstić information content (AvgIpc) is 1.35. The molecule has 0 aliphatic heterocycles. The first-order valence-electron chi connectivity index (χ1n) is 1.38. The van der Waals surface area contributed by atoms with Gasteiger partial charge >= 0.3 is 48.7 Å². The van der Waals surface area contributed by atoms with Gasteiger partial charge in [0.2, 0.25) is 0 Å². The first kappa shape index (κ1) is 10.9. The quantitative estimate of drug-likeness (QED) is 0.206. The molecule has 0 aromatic rings. The third-order valence-corrected chi connectivity index (χ3v) is 1.59. The molecule has 3 nitrogen and oxygen atoms in total. The zero-order valence-electron chi connectivity index (χ0n) is 3.50. The molecule has 0 saturated carbocycles. The number of rotatable bonds is 1. The SMILES string of the molecule is OC(O)(O)[CH2][SbH].[SH-]. The Morgan fingerprint density at radius 1 is 1.29 bits per heavy atom. The fourth-order valence-electron chi connectivity index (χ4n) is 0. The van der Waals surface area contributed by atoms with E-state index < -0.39 is 5.97 Å². The molecule has 0 atom stereocenters. The van der Waals surface area contributed by atoms with Crippen LogP contribution >= 0.6 is 0 Å². The van der Waals surface area contributed by atoms with Gasteiger partial charge in [-0.15, -0.1) is 0 Å². The number of hydrogen-bond acceptors (Lipinski definition) is 4. The van der Waals surface area contributed by atoms with Gasteiger partial charge in [-0.2, -0.15) is 0 Å². The van der Waals surface area contributed by atoms with Crippen molar-refractivity contribution in [3.05, 3.63) is 0 Å². The van der Waals surface area contributed by atoms with Crippen molar-refractivity contribution in [2.75, 3.05) is 0 Å². The molecule has 0 amide bonds. The second-order valence-corrected chi connectivity index (χ2v) is 1.96. The van der Waals surface area contributed by atoms with Crippen molar-refractivity contribution in [1.82, 2.24) is 0 Å². The van der Waals surface area contributed by atoms with Crippen LogP contribution in [0.4, 0.5) is 0 Å². The molecule has 45 valence electrons. The van der Waals surface area contributed by atoms with E-state index in [9.17, 15) is 0 Å². The van der Waals surface area contributed by atoms with Gasteiger partial charge in [0.1, 0.15) is 0 Å². The Labute approximate surface area is 62.3 Å². The van der Waals surface area contributed by atoms with Crippen LogP contribution in [0, 0.1) is 0 Å². The molecular formula is C2H7O3SSb-. The van der Waals surface area contributed by atoms with Crippen molar-refractivity contribution in [3.63, 3.8) is 0 Å². The smallest absolute Gasteiger partial charge is 0.813 e. The summed E-state index contributed by atoms with van der Waals surface area (Å²) in [6.45, 7) is 0. The summed E-state index contributed by atoms with van der Waals surface area (Å²) >= 11 is 0.901. The second-order valence-electron chi connectivity index (χ2n) is 0.951. The number of thiol groups is 1. The molecular weight excluding hydrogens is 226 g/mol. The largest absolute Gasteiger partial charge is 0.813 e. The Hall–Kier alpha value is 1.05. The predicted molar refractivity (Wildman–Crippen MR) is 30.1 cm³/mol. The second kappa shape index (κ2) is 3.98. The Morgan fingerprint density at radius 2 is 1.43 bits per heavy atom. The summed E-state index contributed by atoms with van der Waals surface area (Å²) in [6.07, 6.45) is 0. The molecule has 0 rings (SSSR count). The van der Waals surface area contributed by atoms with Crippen LogP contribution in [-0.2, 0) is 13.5 Å². The van der Waals surface area contributed by atoms with Crippen molar-refractivity contribution in [2.45, 2.75) is 10.3 Å². The Morgan fingerprint density at radius 3 is 1.43 bits per heavy atom. The molecule has 0 aliphatic rings. The maximum Gasteiger partial charge on any atom is -0.813 e. The minimum Gasteiger partial charge on any atom is -0.813 e. The minimum atomic E-state index is -2.42. The van der Waals surface area contributed by atoms with E-state index in [1.807, 2.05) is 0 Å². The zero-order valence-corrected chi connectivity index (χ0v) is 7.24. The summed E-state index contributed by atoms with van der Waals surface area (Å²) in [5.41, 5.74) is 0. The van der Waals surface area contributed by atoms with Gasteiger partial charge in [-0.05, 0) is 0 Å². The fraction of sp³-hybridized carbons (Fsp3) is 1.00. The molecule has 0 aromatic heterocycles. The normalized spacial score (nSPS) is 10.3. The molecule has 0 unspecified atom stereocenters. The minimum absolute atomic E-state index is 0. The average molecular weight is 233 g/mol. The standard InChI is InChI=1S/C2H5O3.H2S.Sb.H/c1-2(3,4)5;;;/h3-5H,1H2;1H2;;/p-1. The van der Waals surface area contributed by atoms with E-state index in [0.717, 1.165) is 23.0 Å². The number of hydrogen-bond donors (Lipinski definition) is 3. The maximum absolute atomic E-state index is 7.96. The monoisotopic (exact) mass is 232 g/mol. The van der Waals surface area contributed by atoms with Crippen LogP contribution in [0.25, 0.3) is 0 Å². The van der Waals surface area contributed by atoms with Crippen LogP contribution in [0.5, 0.6) is 0 Å². The van der Waals surface area contributed by atoms with Gasteiger partial charge in [-0.3, -0.25) is 0 Å². The van der Waals surface area contributed by atoms with Crippen molar-refractivity contribution in [1.29, 1.82) is 0 Å². The maximum atomic E-state index is 7.96. The molecule has 1 radical (unpaired) electrons. The van der Waals surface area contributed by atoms with Crippen molar-refractivity contribution in [2.24, 2.45) is 0 Å². The van der Waals surface area contributed by atoms with Gasteiger partial charge in [0, 0.05) is 0 Å². The van der Waals surface area contributed by atoms with Crippen LogP contribution in [0.1, 0.15) is 0 Å². The van der Waals surface area contributed by atoms with Crippen LogP contribution in [0.3, 0.4) is 0 Å². The summed E-state index contributed by atoms with van der Waals surface area (Å²) in [5, 5.41) is 23.9. The van der Waals surface area contributed by atoms with E-state index in [1.165, 1.54) is 0 Å². The summed E-state index contributed by atoms with van der Waals surface area (Å²) in [5.74, 6) is -2.42. The third kappa shape index (κ3) is 11.0. The van der Waals surface area contributed by atoms with Crippen LogP contribution < -0.4 is 0 Å². The first-order chi connectivity index (χ1) is 2.56. The molecule has 0 spiro atoms. The Kier molecular flexibility index (Phi) is 6.21. The van der Waals surface area contributed by atoms with Crippen molar-refractivity contribution >= 4 is 36.5 Å². The number of aliphatic hydroxyl groups is 3. The van der Waals surface area contributed by atoms with Crippen LogP contribution in [0.15, 0.2) is 0 Å². The summed E-state index contributed by atoms with van der Waals surface area (Å²) in [7, 11) is 0. The molecule has 5 heteroatoms. The summed E-state index contributed by atoms with van der Waals surface area (Å²) in [6, 6.07) is 0. The molecule has 0 heterocycles. The Balaban J connectivity index is 0. The molecule has 0 fully saturated rings. The zero-order chi connectivity index (χ0) is 5.21. The van der Waals surface area contributed by atoms with E-state index in [1.54, 1.807) is 0 Å². The van der Waals surface area contributed by atoms with Gasteiger partial charge in [-0.1, -0.05) is 0 Å². The van der Waals surface area contributed by atoms with Crippen molar-refractivity contribution < 1.29 is 15.3 Å². The molecule has 0 aromatic carbocycles. The van der Waals surface area contributed by atoms with E-state index >= 15 is 0 Å². The fourth-order valence-corrected chi connectivity index (χ4v) is 0. The molecule has 7 heavy (non-hydrogen) atoms. The van der Waals surface area contributed by atoms with Gasteiger partial charge in [0.15, 0.2) is 0 Å². The molecule has 0 aliphatic carbocycles. The summed E-state index contributed by atoms with van der Waals surface area (Å²) < 4.78 is 0.0275. The summed E-state index contributed by atoms with van der Waals surface area (Å²) in [4.78, 5) is 0.